The topological polar surface area (TPSA) is 141 Å². The molecule has 0 radical (unpaired) electrons. The molecule has 4 N–H and O–H groups in total. The maximum absolute atomic E-state index is 12.2. The van der Waals surface area contributed by atoms with Crippen molar-refractivity contribution in [2.45, 2.75) is 26.3 Å². The van der Waals surface area contributed by atoms with Crippen molar-refractivity contribution in [2.24, 2.45) is 0 Å². The number of benzene rings is 2. The van der Waals surface area contributed by atoms with Crippen LogP contribution < -0.4 is 21.1 Å². The number of nitrogens with zero attached hydrogens (tertiary/aromatic N) is 1. The van der Waals surface area contributed by atoms with E-state index in [1.807, 2.05) is 31.2 Å². The van der Waals surface area contributed by atoms with Crippen LogP contribution in [-0.2, 0) is 9.59 Å². The van der Waals surface area contributed by atoms with E-state index in [2.05, 4.69) is 10.6 Å². The fourth-order valence-electron chi connectivity index (χ4n) is 2.78. The molecule has 2 rings (SSSR count). The molecule has 9 heteroatoms. The number of carboxylic acid groups (broad SMARTS) is 1. The second kappa shape index (κ2) is 10.2. The number of nitro groups is 1. The molecule has 0 saturated heterocycles. The number of anilines is 2. The fourth-order valence-corrected chi connectivity index (χ4v) is 2.78. The Balaban J connectivity index is 1.88. The number of amides is 1. The van der Waals surface area contributed by atoms with Gasteiger partial charge in [0, 0.05) is 17.8 Å². The molecule has 154 valence electrons. The number of hydrogen-bond acceptors (Lipinski definition) is 6. The van der Waals surface area contributed by atoms with Crippen LogP contribution in [0.1, 0.15) is 17.5 Å². The van der Waals surface area contributed by atoms with Crippen molar-refractivity contribution >= 4 is 28.9 Å². The minimum absolute atomic E-state index is 0.156. The molecular formula is C20H24N4O5. The van der Waals surface area contributed by atoms with E-state index in [0.29, 0.717) is 18.7 Å². The van der Waals surface area contributed by atoms with E-state index in [9.17, 15) is 24.8 Å². The first-order valence-corrected chi connectivity index (χ1v) is 9.16. The van der Waals surface area contributed by atoms with E-state index in [0.717, 1.165) is 11.3 Å². The summed E-state index contributed by atoms with van der Waals surface area (Å²) >= 11 is 0. The quantitative estimate of drug-likeness (QED) is 0.298. The summed E-state index contributed by atoms with van der Waals surface area (Å²) in [6.07, 6.45) is -0.311. The molecule has 0 fully saturated rings. The average Bonchev–Trinajstić information content (AvgIpc) is 2.65. The standard InChI is InChI=1S/C20H24N4O5/c1-13-4-3-5-15(10-13)21-8-9-22-18(20(26)27)12-19(25)23-17-11-16(24(28)29)7-6-14(17)2/h3-7,10-11,18,21-22H,8-9,12H2,1-2H3,(H,23,25)(H,26,27)/t18-/m1/s1. The van der Waals surface area contributed by atoms with Crippen LogP contribution in [0.3, 0.4) is 0 Å². The van der Waals surface area contributed by atoms with Crippen molar-refractivity contribution in [1.29, 1.82) is 0 Å². The van der Waals surface area contributed by atoms with Gasteiger partial charge in [0.05, 0.1) is 36.1 Å². The highest BCUT2D eigenvalue weighted by Crippen LogP contribution is 2.22. The molecule has 0 unspecified atom stereocenters. The molecule has 2 aromatic rings. The van der Waals surface area contributed by atoms with Crippen LogP contribution in [-0.4, -0.2) is 35.9 Å². The van der Waals surface area contributed by atoms with Crippen LogP contribution in [0.4, 0.5) is 17.1 Å². The molecule has 0 saturated carbocycles. The highest BCUT2D eigenvalue weighted by Gasteiger charge is 2.19. The number of non-ortho nitro benzene ring substituents is 1. The Hall–Kier alpha value is -3.46. The van der Waals surface area contributed by atoms with Crippen LogP contribution >= 0.6 is 0 Å². The van der Waals surface area contributed by atoms with Crippen LogP contribution in [0, 0.1) is 24.0 Å². The zero-order valence-electron chi connectivity index (χ0n) is 16.3. The van der Waals surface area contributed by atoms with Gasteiger partial charge in [0.2, 0.25) is 5.91 Å². The highest BCUT2D eigenvalue weighted by molar-refractivity contribution is 5.94. The Morgan fingerprint density at radius 1 is 1.17 bits per heavy atom. The lowest BCUT2D eigenvalue weighted by Gasteiger charge is -2.17. The molecule has 0 spiro atoms. The average molecular weight is 400 g/mol. The van der Waals surface area contributed by atoms with E-state index >= 15 is 0 Å². The predicted octanol–water partition coefficient (Wildman–Crippen LogP) is 0.334. The molecule has 1 amide bonds. The summed E-state index contributed by atoms with van der Waals surface area (Å²) in [4.78, 5) is 33.9. The van der Waals surface area contributed by atoms with E-state index in [1.165, 1.54) is 23.5 Å². The first-order valence-electron chi connectivity index (χ1n) is 9.16. The molecule has 0 aliphatic rings. The maximum atomic E-state index is 12.2. The number of carbonyl (C=O) groups excluding carboxylic acids is 2. The minimum atomic E-state index is -1.34. The number of hydrogen-bond donors (Lipinski definition) is 3. The Labute approximate surface area is 168 Å². The van der Waals surface area contributed by atoms with Gasteiger partial charge in [0.25, 0.3) is 5.69 Å². The van der Waals surface area contributed by atoms with Crippen LogP contribution in [0.15, 0.2) is 42.5 Å². The van der Waals surface area contributed by atoms with E-state index in [1.54, 1.807) is 6.92 Å². The molecule has 2 aromatic carbocycles. The van der Waals surface area contributed by atoms with E-state index in [4.69, 9.17) is 0 Å². The molecule has 0 aromatic heterocycles. The summed E-state index contributed by atoms with van der Waals surface area (Å²) in [6, 6.07) is 10.8. The molecular weight excluding hydrogens is 376 g/mol. The van der Waals surface area contributed by atoms with Gasteiger partial charge in [0.15, 0.2) is 0 Å². The van der Waals surface area contributed by atoms with E-state index in [-0.39, 0.29) is 17.8 Å². The van der Waals surface area contributed by atoms with Crippen molar-refractivity contribution in [2.75, 3.05) is 23.7 Å². The van der Waals surface area contributed by atoms with Crippen LogP contribution in [0.25, 0.3) is 0 Å². The van der Waals surface area contributed by atoms with Gasteiger partial charge in [-0.05, 0) is 37.1 Å². The number of aliphatic carboxylic acids is 1. The Morgan fingerprint density at radius 3 is 2.59 bits per heavy atom. The molecule has 0 bridgehead atoms. The number of rotatable bonds is 10. The summed E-state index contributed by atoms with van der Waals surface area (Å²) < 4.78 is 0. The second-order valence-electron chi connectivity index (χ2n) is 6.75. The highest BCUT2D eigenvalue weighted by atomic mass is 16.6. The Bertz CT molecular complexity index is 900. The zero-order chi connectivity index (χ0) is 21.4. The summed E-state index contributed by atoms with van der Waals surface area (Å²) in [7, 11) is 0. The Kier molecular flexibility index (Phi) is 7.67. The smallest absolute Gasteiger partial charge is 0.271 e. The van der Waals surface area contributed by atoms with Gasteiger partial charge in [0.1, 0.15) is 6.04 Å². The van der Waals surface area contributed by atoms with Crippen molar-refractivity contribution in [3.63, 3.8) is 0 Å². The molecule has 29 heavy (non-hydrogen) atoms. The normalized spacial score (nSPS) is 11.5. The number of nitrogens with one attached hydrogen (secondary N) is 2. The van der Waals surface area contributed by atoms with Gasteiger partial charge in [-0.1, -0.05) is 18.2 Å². The monoisotopic (exact) mass is 400 g/mol. The molecule has 9 nitrogen and oxygen atoms in total. The third-order valence-electron chi connectivity index (χ3n) is 4.36. The Morgan fingerprint density at radius 2 is 1.93 bits per heavy atom. The van der Waals surface area contributed by atoms with E-state index < -0.39 is 22.8 Å². The number of quaternary nitrogens is 1. The van der Waals surface area contributed by atoms with Crippen molar-refractivity contribution in [3.8, 4) is 0 Å². The largest absolute Gasteiger partial charge is 0.544 e. The number of carbonyl (C=O) groups is 2. The lowest BCUT2D eigenvalue weighted by molar-refractivity contribution is -0.680. The minimum Gasteiger partial charge on any atom is -0.544 e. The van der Waals surface area contributed by atoms with Crippen LogP contribution in [0.5, 0.6) is 0 Å². The lowest BCUT2D eigenvalue weighted by atomic mass is 10.1. The molecule has 0 aliphatic carbocycles. The molecule has 0 aliphatic heterocycles. The summed E-state index contributed by atoms with van der Waals surface area (Å²) in [5.41, 5.74) is 2.81. The number of nitro benzene ring substituents is 1. The van der Waals surface area contributed by atoms with Gasteiger partial charge in [-0.2, -0.15) is 0 Å². The number of aryl methyl sites for hydroxylation is 2. The van der Waals surface area contributed by atoms with Gasteiger partial charge in [-0.3, -0.25) is 14.9 Å². The summed E-state index contributed by atoms with van der Waals surface area (Å²) in [5.74, 6) is -1.89. The summed E-state index contributed by atoms with van der Waals surface area (Å²) in [5, 5.41) is 29.5. The van der Waals surface area contributed by atoms with Crippen LogP contribution in [0.2, 0.25) is 0 Å². The van der Waals surface area contributed by atoms with Gasteiger partial charge >= 0.3 is 0 Å². The van der Waals surface area contributed by atoms with Crippen molar-refractivity contribution < 1.29 is 24.9 Å². The predicted molar refractivity (Wildman–Crippen MR) is 106 cm³/mol. The summed E-state index contributed by atoms with van der Waals surface area (Å²) in [6.45, 7) is 4.61. The number of carboxylic acids is 1. The third kappa shape index (κ3) is 6.89. The first kappa shape index (κ1) is 21.8. The van der Waals surface area contributed by atoms with Gasteiger partial charge < -0.3 is 25.9 Å². The van der Waals surface area contributed by atoms with Crippen molar-refractivity contribution in [3.05, 3.63) is 63.7 Å². The molecule has 1 atom stereocenters. The number of nitrogens with two attached hydrogens (primary N) is 1. The fraction of sp³-hybridized carbons (Fsp3) is 0.300. The second-order valence-corrected chi connectivity index (χ2v) is 6.75. The lowest BCUT2D eigenvalue weighted by Crippen LogP contribution is -2.94. The first-order chi connectivity index (χ1) is 13.8. The maximum Gasteiger partial charge on any atom is 0.271 e. The third-order valence-corrected chi connectivity index (χ3v) is 4.36. The van der Waals surface area contributed by atoms with Gasteiger partial charge in [-0.25, -0.2) is 0 Å². The molecule has 0 heterocycles. The van der Waals surface area contributed by atoms with Crippen molar-refractivity contribution in [1.82, 2.24) is 0 Å². The SMILES string of the molecule is Cc1cccc(NCC[NH2+][C@H](CC(=O)Nc2cc([N+](=O)[O-])ccc2C)C(=O)[O-])c1. The van der Waals surface area contributed by atoms with Gasteiger partial charge in [-0.15, -0.1) is 0 Å². The zero-order valence-corrected chi connectivity index (χ0v) is 16.3.